The molecule has 0 aliphatic carbocycles. The fourth-order valence-corrected chi connectivity index (χ4v) is 4.51. The molecular formula is C36H58. The zero-order chi connectivity index (χ0) is 26.5. The van der Waals surface area contributed by atoms with E-state index in [2.05, 4.69) is 89.5 Å². The molecule has 1 aromatic carbocycles. The van der Waals surface area contributed by atoms with E-state index in [0.29, 0.717) is 10.8 Å². The summed E-state index contributed by atoms with van der Waals surface area (Å²) in [5.41, 5.74) is 3.20. The lowest BCUT2D eigenvalue weighted by Crippen LogP contribution is -2.03. The van der Waals surface area contributed by atoms with Crippen molar-refractivity contribution in [1.29, 1.82) is 0 Å². The molecule has 0 heterocycles. The largest absolute Gasteiger partial charge is 0.0979 e. The van der Waals surface area contributed by atoms with Gasteiger partial charge >= 0.3 is 0 Å². The Kier molecular flexibility index (Phi) is 17.5. The molecule has 36 heavy (non-hydrogen) atoms. The predicted molar refractivity (Wildman–Crippen MR) is 162 cm³/mol. The lowest BCUT2D eigenvalue weighted by atomic mass is 9.89. The summed E-state index contributed by atoms with van der Waals surface area (Å²) in [4.78, 5) is 0. The van der Waals surface area contributed by atoms with Crippen LogP contribution in [0.25, 0.3) is 0 Å². The van der Waals surface area contributed by atoms with Gasteiger partial charge in [-0.2, -0.15) is 0 Å². The third kappa shape index (κ3) is 21.6. The molecule has 0 fully saturated rings. The van der Waals surface area contributed by atoms with Crippen molar-refractivity contribution in [3.63, 3.8) is 0 Å². The molecule has 0 amide bonds. The average molecular weight is 491 g/mol. The van der Waals surface area contributed by atoms with Gasteiger partial charge in [-0.1, -0.05) is 148 Å². The van der Waals surface area contributed by atoms with E-state index < -0.39 is 0 Å². The standard InChI is InChI=1S/C36H58/c1-35(2,3)30-23-19-15-11-7-9-13-17-21-26-33-28-25-29-34(32-33)27-22-18-14-10-8-12-16-20-24-31-36(4,5)6/h25,28-29,32H,7-20,23-24,30-31H2,1-6H3. The van der Waals surface area contributed by atoms with Crippen molar-refractivity contribution < 1.29 is 0 Å². The fourth-order valence-electron chi connectivity index (χ4n) is 4.51. The smallest absolute Gasteiger partial charge is 0.0257 e. The van der Waals surface area contributed by atoms with Crippen molar-refractivity contribution in [1.82, 2.24) is 0 Å². The summed E-state index contributed by atoms with van der Waals surface area (Å²) in [5, 5.41) is 0. The molecule has 0 atom stereocenters. The van der Waals surface area contributed by atoms with Gasteiger partial charge in [-0.05, 0) is 54.7 Å². The van der Waals surface area contributed by atoms with Gasteiger partial charge in [0.1, 0.15) is 0 Å². The third-order valence-corrected chi connectivity index (χ3v) is 6.79. The fraction of sp³-hybridized carbons (Fsp3) is 0.722. The molecular weight excluding hydrogens is 432 g/mol. The Balaban J connectivity index is 2.09. The quantitative estimate of drug-likeness (QED) is 0.160. The van der Waals surface area contributed by atoms with E-state index >= 15 is 0 Å². The van der Waals surface area contributed by atoms with E-state index in [-0.39, 0.29) is 0 Å². The number of hydrogen-bond donors (Lipinski definition) is 0. The van der Waals surface area contributed by atoms with Crippen LogP contribution in [0.1, 0.15) is 168 Å². The van der Waals surface area contributed by atoms with E-state index in [0.717, 1.165) is 24.0 Å². The molecule has 0 spiro atoms. The molecule has 0 aliphatic rings. The summed E-state index contributed by atoms with van der Waals surface area (Å²) in [7, 11) is 0. The zero-order valence-electron chi connectivity index (χ0n) is 25.0. The Hall–Kier alpha value is -1.66. The van der Waals surface area contributed by atoms with Crippen LogP contribution >= 0.6 is 0 Å². The lowest BCUT2D eigenvalue weighted by molar-refractivity contribution is 0.356. The van der Waals surface area contributed by atoms with Crippen LogP contribution in [-0.4, -0.2) is 0 Å². The molecule has 0 heteroatoms. The molecule has 0 radical (unpaired) electrons. The predicted octanol–water partition coefficient (Wildman–Crippen LogP) is 11.5. The highest BCUT2D eigenvalue weighted by molar-refractivity contribution is 5.43. The third-order valence-electron chi connectivity index (χ3n) is 6.79. The van der Waals surface area contributed by atoms with Crippen LogP contribution in [0.3, 0.4) is 0 Å². The maximum absolute atomic E-state index is 3.37. The van der Waals surface area contributed by atoms with Crippen molar-refractivity contribution in [2.45, 2.75) is 157 Å². The van der Waals surface area contributed by atoms with Gasteiger partial charge in [-0.3, -0.25) is 0 Å². The number of unbranched alkanes of at least 4 members (excludes halogenated alkanes) is 14. The molecule has 1 aromatic rings. The van der Waals surface area contributed by atoms with Crippen molar-refractivity contribution in [3.05, 3.63) is 35.4 Å². The SMILES string of the molecule is CC(C)(C)CCCCCCCCCC#Cc1cccc(C#CCCCCCCCCCC(C)(C)C)c1. The molecule has 0 unspecified atom stereocenters. The van der Waals surface area contributed by atoms with E-state index in [4.69, 9.17) is 0 Å². The minimum Gasteiger partial charge on any atom is -0.0979 e. The van der Waals surface area contributed by atoms with Crippen LogP contribution in [0.15, 0.2) is 24.3 Å². The molecule has 202 valence electrons. The van der Waals surface area contributed by atoms with Gasteiger partial charge in [0.05, 0.1) is 0 Å². The highest BCUT2D eigenvalue weighted by atomic mass is 14.1. The second kappa shape index (κ2) is 19.5. The van der Waals surface area contributed by atoms with Crippen LogP contribution in [0.2, 0.25) is 0 Å². The molecule has 0 N–H and O–H groups in total. The summed E-state index contributed by atoms with van der Waals surface area (Å²) in [5.74, 6) is 13.4. The Bertz CT molecular complexity index is 725. The van der Waals surface area contributed by atoms with Crippen molar-refractivity contribution in [3.8, 4) is 23.7 Å². The monoisotopic (exact) mass is 490 g/mol. The topological polar surface area (TPSA) is 0 Å². The number of benzene rings is 1. The molecule has 0 saturated carbocycles. The summed E-state index contributed by atoms with van der Waals surface area (Å²) >= 11 is 0. The molecule has 0 aliphatic heterocycles. The summed E-state index contributed by atoms with van der Waals surface area (Å²) in [6, 6.07) is 8.46. The second-order valence-electron chi connectivity index (χ2n) is 13.3. The minimum atomic E-state index is 0.496. The maximum Gasteiger partial charge on any atom is 0.0257 e. The van der Waals surface area contributed by atoms with Crippen LogP contribution < -0.4 is 0 Å². The van der Waals surface area contributed by atoms with Gasteiger partial charge in [0.25, 0.3) is 0 Å². The lowest BCUT2D eigenvalue weighted by Gasteiger charge is -2.17. The summed E-state index contributed by atoms with van der Waals surface area (Å²) in [6.07, 6.45) is 23.7. The number of hydrogen-bond acceptors (Lipinski definition) is 0. The highest BCUT2D eigenvalue weighted by Gasteiger charge is 2.09. The Morgan fingerprint density at radius 3 is 1.17 bits per heavy atom. The molecule has 1 rings (SSSR count). The molecule has 0 aromatic heterocycles. The van der Waals surface area contributed by atoms with Crippen molar-refractivity contribution >= 4 is 0 Å². The Morgan fingerprint density at radius 2 is 0.806 bits per heavy atom. The Labute approximate surface area is 226 Å². The maximum atomic E-state index is 3.37. The first kappa shape index (κ1) is 32.4. The molecule has 0 nitrogen and oxygen atoms in total. The van der Waals surface area contributed by atoms with Gasteiger partial charge in [-0.15, -0.1) is 0 Å². The molecule has 0 bridgehead atoms. The first-order valence-corrected chi connectivity index (χ1v) is 15.2. The minimum absolute atomic E-state index is 0.496. The van der Waals surface area contributed by atoms with Crippen LogP contribution in [-0.2, 0) is 0 Å². The zero-order valence-corrected chi connectivity index (χ0v) is 25.0. The summed E-state index contributed by atoms with van der Waals surface area (Å²) in [6.45, 7) is 14.1. The Morgan fingerprint density at radius 1 is 0.472 bits per heavy atom. The van der Waals surface area contributed by atoms with Crippen LogP contribution in [0.4, 0.5) is 0 Å². The first-order chi connectivity index (χ1) is 17.2. The van der Waals surface area contributed by atoms with E-state index in [9.17, 15) is 0 Å². The van der Waals surface area contributed by atoms with E-state index in [1.165, 1.54) is 103 Å². The van der Waals surface area contributed by atoms with Gasteiger partial charge in [0, 0.05) is 24.0 Å². The normalized spacial score (nSPS) is 11.5. The van der Waals surface area contributed by atoms with Gasteiger partial charge in [0.2, 0.25) is 0 Å². The first-order valence-electron chi connectivity index (χ1n) is 15.2. The second-order valence-corrected chi connectivity index (χ2v) is 13.3. The van der Waals surface area contributed by atoms with Gasteiger partial charge in [0.15, 0.2) is 0 Å². The highest BCUT2D eigenvalue weighted by Crippen LogP contribution is 2.23. The number of rotatable bonds is 16. The summed E-state index contributed by atoms with van der Waals surface area (Å²) < 4.78 is 0. The van der Waals surface area contributed by atoms with Gasteiger partial charge < -0.3 is 0 Å². The van der Waals surface area contributed by atoms with E-state index in [1.54, 1.807) is 0 Å². The van der Waals surface area contributed by atoms with Crippen molar-refractivity contribution in [2.75, 3.05) is 0 Å². The van der Waals surface area contributed by atoms with E-state index in [1.807, 2.05) is 0 Å². The van der Waals surface area contributed by atoms with Gasteiger partial charge in [-0.25, -0.2) is 0 Å². The average Bonchev–Trinajstić information content (AvgIpc) is 2.80. The van der Waals surface area contributed by atoms with Crippen LogP contribution in [0, 0.1) is 34.5 Å². The van der Waals surface area contributed by atoms with Crippen LogP contribution in [0.5, 0.6) is 0 Å². The van der Waals surface area contributed by atoms with Crippen molar-refractivity contribution in [2.24, 2.45) is 10.8 Å². The molecule has 0 saturated heterocycles.